The van der Waals surface area contributed by atoms with E-state index in [1.54, 1.807) is 4.90 Å². The molecule has 0 spiro atoms. The van der Waals surface area contributed by atoms with Gasteiger partial charge < -0.3 is 24.0 Å². The summed E-state index contributed by atoms with van der Waals surface area (Å²) in [5, 5.41) is 2.79. The summed E-state index contributed by atoms with van der Waals surface area (Å²) in [6.07, 6.45) is 12.0. The van der Waals surface area contributed by atoms with Gasteiger partial charge in [0, 0.05) is 31.6 Å². The number of alkyl carbamates (subject to hydrolysis) is 1. The maximum Gasteiger partial charge on any atom is 0.413 e. The van der Waals surface area contributed by atoms with Crippen LogP contribution in [-0.2, 0) is 20.9 Å². The molecule has 0 unspecified atom stereocenters. The van der Waals surface area contributed by atoms with Crippen molar-refractivity contribution >= 4 is 29.6 Å². The van der Waals surface area contributed by atoms with Crippen LogP contribution in [-0.4, -0.2) is 66.6 Å². The standard InChI is InChI=1S/C38H52N4O6/c1-26-20-27(2)36(28(3)21-26)48-35(44)24-42-23-30-22-32(46-19-11-16-34(43)41(4)31-14-9-6-10-15-31)17-18-33(30)39-37(42)40-38(45)47-25-29-12-7-5-8-13-29/h17-18,20-22,29,31H,5-16,19,23-25H2,1-4H3,(H,39,40,45). The first-order valence-electron chi connectivity index (χ1n) is 17.7. The number of aryl methyl sites for hydroxylation is 3. The Balaban J connectivity index is 1.22. The lowest BCUT2D eigenvalue weighted by molar-refractivity contribution is -0.135. The quantitative estimate of drug-likeness (QED) is 0.153. The van der Waals surface area contributed by atoms with Gasteiger partial charge in [0.25, 0.3) is 0 Å². The van der Waals surface area contributed by atoms with Crippen LogP contribution >= 0.6 is 0 Å². The fourth-order valence-electron chi connectivity index (χ4n) is 7.16. The lowest BCUT2D eigenvalue weighted by Crippen LogP contribution is -2.48. The second kappa shape index (κ2) is 16.8. The molecule has 10 nitrogen and oxygen atoms in total. The number of amides is 2. The smallest absolute Gasteiger partial charge is 0.413 e. The minimum absolute atomic E-state index is 0.129. The Hall–Kier alpha value is -4.08. The van der Waals surface area contributed by atoms with Crippen molar-refractivity contribution < 1.29 is 28.6 Å². The lowest BCUT2D eigenvalue weighted by Gasteiger charge is -2.31. The van der Waals surface area contributed by atoms with Crippen molar-refractivity contribution in [2.24, 2.45) is 10.9 Å². The fraction of sp³-hybridized carbons (Fsp3) is 0.579. The third-order valence-electron chi connectivity index (χ3n) is 9.79. The first kappa shape index (κ1) is 35.2. The molecule has 2 aliphatic carbocycles. The van der Waals surface area contributed by atoms with Crippen molar-refractivity contribution in [2.75, 3.05) is 26.8 Å². The van der Waals surface area contributed by atoms with Crippen molar-refractivity contribution in [3.05, 3.63) is 52.6 Å². The summed E-state index contributed by atoms with van der Waals surface area (Å²) in [5.41, 5.74) is 4.38. The molecule has 260 valence electrons. The number of guanidine groups is 1. The van der Waals surface area contributed by atoms with Crippen LogP contribution in [0.1, 0.15) is 99.3 Å². The molecule has 2 amide bonds. The Kier molecular flexibility index (Phi) is 12.4. The highest BCUT2D eigenvalue weighted by Crippen LogP contribution is 2.31. The molecule has 1 N–H and O–H groups in total. The summed E-state index contributed by atoms with van der Waals surface area (Å²) >= 11 is 0. The number of hydrogen-bond acceptors (Lipinski definition) is 8. The minimum Gasteiger partial charge on any atom is -0.494 e. The van der Waals surface area contributed by atoms with E-state index in [1.807, 2.05) is 63.1 Å². The van der Waals surface area contributed by atoms with Crippen LogP contribution in [0.4, 0.5) is 10.5 Å². The number of esters is 1. The van der Waals surface area contributed by atoms with Gasteiger partial charge in [-0.05, 0) is 88.1 Å². The topological polar surface area (TPSA) is 110 Å². The van der Waals surface area contributed by atoms with E-state index in [9.17, 15) is 14.4 Å². The zero-order valence-corrected chi connectivity index (χ0v) is 29.1. The number of rotatable bonds is 11. The Bertz CT molecular complexity index is 1450. The number of ether oxygens (including phenoxy) is 3. The Morgan fingerprint density at radius 1 is 0.938 bits per heavy atom. The molecule has 0 bridgehead atoms. The molecule has 1 heterocycles. The minimum atomic E-state index is -0.588. The molecule has 2 aromatic carbocycles. The van der Waals surface area contributed by atoms with Gasteiger partial charge in [0.05, 0.1) is 18.9 Å². The molecule has 0 saturated heterocycles. The molecule has 2 aromatic rings. The van der Waals surface area contributed by atoms with Crippen LogP contribution in [0.3, 0.4) is 0 Å². The summed E-state index contributed by atoms with van der Waals surface area (Å²) in [5.74, 6) is 1.52. The van der Waals surface area contributed by atoms with Gasteiger partial charge in [0.15, 0.2) is 0 Å². The number of carbonyl (C=O) groups excluding carboxylic acids is 3. The average Bonchev–Trinajstić information content (AvgIpc) is 3.08. The van der Waals surface area contributed by atoms with Crippen molar-refractivity contribution in [2.45, 2.75) is 110 Å². The molecule has 5 rings (SSSR count). The summed E-state index contributed by atoms with van der Waals surface area (Å²) in [6.45, 7) is 6.80. The van der Waals surface area contributed by atoms with Crippen molar-refractivity contribution in [3.8, 4) is 11.5 Å². The predicted octanol–water partition coefficient (Wildman–Crippen LogP) is 7.28. The zero-order chi connectivity index (χ0) is 34.0. The first-order valence-corrected chi connectivity index (χ1v) is 17.7. The van der Waals surface area contributed by atoms with E-state index in [1.165, 1.54) is 25.7 Å². The molecular formula is C38H52N4O6. The summed E-state index contributed by atoms with van der Waals surface area (Å²) in [6, 6.07) is 9.91. The Morgan fingerprint density at radius 2 is 1.62 bits per heavy atom. The van der Waals surface area contributed by atoms with Gasteiger partial charge >= 0.3 is 12.1 Å². The first-order chi connectivity index (χ1) is 23.2. The highest BCUT2D eigenvalue weighted by atomic mass is 16.6. The van der Waals surface area contributed by atoms with Crippen molar-refractivity contribution in [1.82, 2.24) is 15.1 Å². The van der Waals surface area contributed by atoms with E-state index in [-0.39, 0.29) is 18.4 Å². The Morgan fingerprint density at radius 3 is 2.33 bits per heavy atom. The van der Waals surface area contributed by atoms with Gasteiger partial charge in [-0.3, -0.25) is 10.1 Å². The summed E-state index contributed by atoms with van der Waals surface area (Å²) in [7, 11) is 1.92. The molecule has 1 aliphatic heterocycles. The maximum atomic E-state index is 13.3. The van der Waals surface area contributed by atoms with Crippen molar-refractivity contribution in [3.63, 3.8) is 0 Å². The van der Waals surface area contributed by atoms with E-state index in [2.05, 4.69) is 5.32 Å². The molecule has 0 atom stereocenters. The van der Waals surface area contributed by atoms with Crippen LogP contribution in [0, 0.1) is 26.7 Å². The summed E-state index contributed by atoms with van der Waals surface area (Å²) < 4.78 is 17.5. The molecule has 0 radical (unpaired) electrons. The van der Waals surface area contributed by atoms with E-state index in [0.717, 1.165) is 60.8 Å². The second-order valence-electron chi connectivity index (χ2n) is 13.8. The monoisotopic (exact) mass is 660 g/mol. The molecule has 48 heavy (non-hydrogen) atoms. The van der Waals surface area contributed by atoms with E-state index >= 15 is 0 Å². The molecule has 3 aliphatic rings. The normalized spacial score (nSPS) is 16.8. The molecule has 10 heteroatoms. The number of fused-ring (bicyclic) bond motifs is 1. The van der Waals surface area contributed by atoms with Gasteiger partial charge in [-0.2, -0.15) is 0 Å². The van der Waals surface area contributed by atoms with E-state index in [4.69, 9.17) is 19.2 Å². The van der Waals surface area contributed by atoms with E-state index in [0.29, 0.717) is 61.7 Å². The highest BCUT2D eigenvalue weighted by Gasteiger charge is 2.27. The van der Waals surface area contributed by atoms with Crippen LogP contribution in [0.5, 0.6) is 11.5 Å². The third-order valence-corrected chi connectivity index (χ3v) is 9.79. The maximum absolute atomic E-state index is 13.3. The van der Waals surface area contributed by atoms with Gasteiger partial charge in [-0.25, -0.2) is 14.6 Å². The fourth-order valence-corrected chi connectivity index (χ4v) is 7.16. The largest absolute Gasteiger partial charge is 0.494 e. The number of nitrogens with zero attached hydrogens (tertiary/aromatic N) is 3. The number of benzene rings is 2. The van der Waals surface area contributed by atoms with Gasteiger partial charge in [0.1, 0.15) is 18.0 Å². The Labute approximate surface area is 285 Å². The van der Waals surface area contributed by atoms with Crippen LogP contribution in [0.2, 0.25) is 0 Å². The third kappa shape index (κ3) is 9.73. The van der Waals surface area contributed by atoms with E-state index < -0.39 is 12.1 Å². The van der Waals surface area contributed by atoms with Crippen LogP contribution < -0.4 is 14.8 Å². The average molecular weight is 661 g/mol. The summed E-state index contributed by atoms with van der Waals surface area (Å²) in [4.78, 5) is 47.2. The van der Waals surface area contributed by atoms with Gasteiger partial charge in [-0.1, -0.05) is 56.2 Å². The highest BCUT2D eigenvalue weighted by molar-refractivity contribution is 5.97. The predicted molar refractivity (Wildman–Crippen MR) is 186 cm³/mol. The molecule has 2 fully saturated rings. The van der Waals surface area contributed by atoms with Crippen LogP contribution in [0.25, 0.3) is 0 Å². The SMILES string of the molecule is Cc1cc(C)c(OC(=O)CN2Cc3cc(OCCCC(=O)N(C)C4CCCCC4)ccc3N=C2NC(=O)OCC2CCCCC2)c(C)c1. The second-order valence-corrected chi connectivity index (χ2v) is 13.8. The number of carbonyl (C=O) groups is 3. The van der Waals surface area contributed by atoms with Gasteiger partial charge in [-0.15, -0.1) is 0 Å². The molecular weight excluding hydrogens is 608 g/mol. The van der Waals surface area contributed by atoms with Crippen LogP contribution in [0.15, 0.2) is 35.3 Å². The van der Waals surface area contributed by atoms with Gasteiger partial charge in [0.2, 0.25) is 11.9 Å². The lowest BCUT2D eigenvalue weighted by atomic mass is 9.90. The molecule has 0 aromatic heterocycles. The zero-order valence-electron chi connectivity index (χ0n) is 29.1. The van der Waals surface area contributed by atoms with Crippen molar-refractivity contribution in [1.29, 1.82) is 0 Å². The molecule has 2 saturated carbocycles. The number of nitrogens with one attached hydrogen (secondary N) is 1. The number of aliphatic imine (C=N–C) groups is 1. The number of hydrogen-bond donors (Lipinski definition) is 1.